The Bertz CT molecular complexity index is 802. The molecule has 2 aromatic heterocycles. The number of aromatic nitrogens is 2. The Labute approximate surface area is 196 Å². The number of ether oxygens (including phenoxy) is 1. The highest BCUT2D eigenvalue weighted by atomic mass is 35.5. The van der Waals surface area contributed by atoms with E-state index in [4.69, 9.17) is 16.3 Å². The van der Waals surface area contributed by atoms with Crippen molar-refractivity contribution in [3.8, 4) is 5.88 Å². The summed E-state index contributed by atoms with van der Waals surface area (Å²) in [4.78, 5) is 21.7. The van der Waals surface area contributed by atoms with Crippen LogP contribution in [0.2, 0.25) is 5.15 Å². The third kappa shape index (κ3) is 7.63. The van der Waals surface area contributed by atoms with Gasteiger partial charge >= 0.3 is 0 Å². The predicted octanol–water partition coefficient (Wildman–Crippen LogP) is 4.40. The van der Waals surface area contributed by atoms with Gasteiger partial charge < -0.3 is 15.0 Å². The van der Waals surface area contributed by atoms with Gasteiger partial charge in [0.25, 0.3) is 0 Å². The van der Waals surface area contributed by atoms with Crippen LogP contribution in [-0.2, 0) is 4.79 Å². The van der Waals surface area contributed by atoms with Gasteiger partial charge in [-0.05, 0) is 69.3 Å². The maximum Gasteiger partial charge on any atom is 0.219 e. The van der Waals surface area contributed by atoms with Gasteiger partial charge in [-0.25, -0.2) is 9.97 Å². The number of rotatable bonds is 3. The van der Waals surface area contributed by atoms with E-state index in [1.807, 2.05) is 36.2 Å². The monoisotopic (exact) mass is 466 g/mol. The normalized spacial score (nSPS) is 17.2. The van der Waals surface area contributed by atoms with Gasteiger partial charge in [0.1, 0.15) is 11.3 Å². The number of carbonyl (C=O) groups is 1. The van der Waals surface area contributed by atoms with E-state index in [0.717, 1.165) is 63.3 Å². The van der Waals surface area contributed by atoms with Crippen LogP contribution in [0.4, 0.5) is 0 Å². The maximum atomic E-state index is 11.5. The fraction of sp³-hybridized carbons (Fsp3) is 0.522. The summed E-state index contributed by atoms with van der Waals surface area (Å²) >= 11 is 5.60. The van der Waals surface area contributed by atoms with Crippen molar-refractivity contribution in [2.75, 3.05) is 26.2 Å². The van der Waals surface area contributed by atoms with Gasteiger partial charge in [0.05, 0.1) is 0 Å². The quantitative estimate of drug-likeness (QED) is 0.678. The van der Waals surface area contributed by atoms with Crippen molar-refractivity contribution in [1.82, 2.24) is 20.2 Å². The standard InChI is InChI=1S/C17H25N3O2.C6H6ClN.ClH/c1-13(21)20-11-6-14(7-12-20)16-3-2-8-19-17(16)22-15-4-9-18-10-5-15;1-5-3-2-4-8-6(5)7;/h2-3,8,14-15,18H,4-7,9-12H2,1H3;2-4H,1H3;1H. The van der Waals surface area contributed by atoms with E-state index in [0.29, 0.717) is 11.1 Å². The molecule has 0 atom stereocenters. The first-order valence-corrected chi connectivity index (χ1v) is 11.1. The van der Waals surface area contributed by atoms with Gasteiger partial charge in [-0.2, -0.15) is 0 Å². The van der Waals surface area contributed by atoms with Crippen LogP contribution in [0.15, 0.2) is 36.7 Å². The first-order valence-electron chi connectivity index (χ1n) is 10.7. The summed E-state index contributed by atoms with van der Waals surface area (Å²) in [5.41, 5.74) is 2.23. The minimum atomic E-state index is 0. The number of halogens is 2. The lowest BCUT2D eigenvalue weighted by Crippen LogP contribution is -2.37. The molecule has 0 spiro atoms. The summed E-state index contributed by atoms with van der Waals surface area (Å²) in [5, 5.41) is 3.95. The van der Waals surface area contributed by atoms with Gasteiger partial charge in [-0.1, -0.05) is 23.7 Å². The highest BCUT2D eigenvalue weighted by Gasteiger charge is 2.26. The molecule has 1 amide bonds. The molecule has 170 valence electrons. The molecule has 2 aromatic rings. The molecule has 6 nitrogen and oxygen atoms in total. The van der Waals surface area contributed by atoms with Crippen LogP contribution in [0.5, 0.6) is 5.88 Å². The van der Waals surface area contributed by atoms with Crippen LogP contribution in [0, 0.1) is 6.92 Å². The largest absolute Gasteiger partial charge is 0.474 e. The van der Waals surface area contributed by atoms with E-state index in [1.54, 1.807) is 13.1 Å². The van der Waals surface area contributed by atoms with Gasteiger partial charge in [0.2, 0.25) is 11.8 Å². The third-order valence-electron chi connectivity index (χ3n) is 5.69. The minimum absolute atomic E-state index is 0. The van der Waals surface area contributed by atoms with Crippen molar-refractivity contribution in [3.05, 3.63) is 52.9 Å². The number of hydrogen-bond donors (Lipinski definition) is 1. The van der Waals surface area contributed by atoms with Crippen molar-refractivity contribution in [1.29, 1.82) is 0 Å². The van der Waals surface area contributed by atoms with E-state index in [2.05, 4.69) is 21.4 Å². The first-order chi connectivity index (χ1) is 14.5. The molecule has 0 aromatic carbocycles. The smallest absolute Gasteiger partial charge is 0.219 e. The zero-order valence-electron chi connectivity index (χ0n) is 18.2. The number of carbonyl (C=O) groups excluding carboxylic acids is 1. The molecule has 2 saturated heterocycles. The van der Waals surface area contributed by atoms with Crippen LogP contribution in [-0.4, -0.2) is 53.1 Å². The minimum Gasteiger partial charge on any atom is -0.474 e. The summed E-state index contributed by atoms with van der Waals surface area (Å²) in [7, 11) is 0. The molecule has 0 unspecified atom stereocenters. The lowest BCUT2D eigenvalue weighted by molar-refractivity contribution is -0.129. The Morgan fingerprint density at radius 3 is 2.32 bits per heavy atom. The second-order valence-corrected chi connectivity index (χ2v) is 8.21. The fourth-order valence-electron chi connectivity index (χ4n) is 3.86. The summed E-state index contributed by atoms with van der Waals surface area (Å²) < 4.78 is 6.18. The third-order valence-corrected chi connectivity index (χ3v) is 6.09. The SMILES string of the molecule is CC(=O)N1CCC(c2cccnc2OC2CCNCC2)CC1.Cc1cccnc1Cl.Cl. The van der Waals surface area contributed by atoms with Crippen molar-refractivity contribution in [2.24, 2.45) is 0 Å². The number of hydrogen-bond acceptors (Lipinski definition) is 5. The number of likely N-dealkylation sites (tertiary alicyclic amines) is 1. The summed E-state index contributed by atoms with van der Waals surface area (Å²) in [6.07, 6.45) is 7.83. The summed E-state index contributed by atoms with van der Waals surface area (Å²) in [6.45, 7) is 7.28. The number of nitrogens with zero attached hydrogens (tertiary/aromatic N) is 3. The summed E-state index contributed by atoms with van der Waals surface area (Å²) in [5.74, 6) is 1.42. The molecule has 4 heterocycles. The summed E-state index contributed by atoms with van der Waals surface area (Å²) in [6, 6.07) is 7.91. The molecule has 2 fully saturated rings. The zero-order valence-corrected chi connectivity index (χ0v) is 19.8. The van der Waals surface area contributed by atoms with E-state index < -0.39 is 0 Å². The highest BCUT2D eigenvalue weighted by Crippen LogP contribution is 2.33. The van der Waals surface area contributed by atoms with Gasteiger partial charge in [-0.15, -0.1) is 12.4 Å². The van der Waals surface area contributed by atoms with Crippen molar-refractivity contribution in [3.63, 3.8) is 0 Å². The van der Waals surface area contributed by atoms with Crippen molar-refractivity contribution < 1.29 is 9.53 Å². The topological polar surface area (TPSA) is 67.4 Å². The molecular formula is C23H32Cl2N4O2. The number of aryl methyl sites for hydroxylation is 1. The predicted molar refractivity (Wildman–Crippen MR) is 126 cm³/mol. The number of nitrogens with one attached hydrogen (secondary N) is 1. The number of piperidine rings is 2. The zero-order chi connectivity index (χ0) is 21.3. The maximum absolute atomic E-state index is 11.5. The first kappa shape index (κ1) is 25.4. The molecule has 8 heteroatoms. The van der Waals surface area contributed by atoms with E-state index in [9.17, 15) is 4.79 Å². The van der Waals surface area contributed by atoms with Gasteiger partial charge in [-0.3, -0.25) is 4.79 Å². The Hall–Kier alpha value is -1.89. The second kappa shape index (κ2) is 12.8. The Kier molecular flexibility index (Phi) is 10.5. The Morgan fingerprint density at radius 1 is 1.10 bits per heavy atom. The average Bonchev–Trinajstić information content (AvgIpc) is 2.77. The molecule has 0 aliphatic carbocycles. The van der Waals surface area contributed by atoms with Crippen LogP contribution in [0.25, 0.3) is 0 Å². The number of amides is 1. The van der Waals surface area contributed by atoms with E-state index >= 15 is 0 Å². The van der Waals surface area contributed by atoms with Crippen LogP contribution in [0.3, 0.4) is 0 Å². The number of pyridine rings is 2. The Morgan fingerprint density at radius 2 is 1.74 bits per heavy atom. The molecule has 2 aliphatic rings. The second-order valence-electron chi connectivity index (χ2n) is 7.86. The lowest BCUT2D eigenvalue weighted by atomic mass is 9.90. The van der Waals surface area contributed by atoms with Gasteiger partial charge in [0, 0.05) is 38.0 Å². The fourth-order valence-corrected chi connectivity index (χ4v) is 3.97. The molecular weight excluding hydrogens is 435 g/mol. The molecule has 1 N–H and O–H groups in total. The van der Waals surface area contributed by atoms with Crippen LogP contribution < -0.4 is 10.1 Å². The molecule has 2 aliphatic heterocycles. The van der Waals surface area contributed by atoms with Crippen LogP contribution in [0.1, 0.15) is 49.7 Å². The van der Waals surface area contributed by atoms with E-state index in [1.165, 1.54) is 5.56 Å². The molecule has 4 rings (SSSR count). The molecule has 0 saturated carbocycles. The Balaban J connectivity index is 0.000000322. The molecule has 0 bridgehead atoms. The lowest BCUT2D eigenvalue weighted by Gasteiger charge is -2.32. The van der Waals surface area contributed by atoms with E-state index in [-0.39, 0.29) is 24.4 Å². The van der Waals surface area contributed by atoms with Crippen molar-refractivity contribution in [2.45, 2.75) is 51.6 Å². The highest BCUT2D eigenvalue weighted by molar-refractivity contribution is 6.30. The average molecular weight is 467 g/mol. The molecule has 0 radical (unpaired) electrons. The molecule has 31 heavy (non-hydrogen) atoms. The van der Waals surface area contributed by atoms with Crippen LogP contribution >= 0.6 is 24.0 Å². The van der Waals surface area contributed by atoms with Crippen molar-refractivity contribution >= 4 is 29.9 Å². The van der Waals surface area contributed by atoms with Gasteiger partial charge in [0.15, 0.2) is 0 Å².